The Morgan fingerprint density at radius 1 is 1.43 bits per heavy atom. The highest BCUT2D eigenvalue weighted by molar-refractivity contribution is 7.71. The summed E-state index contributed by atoms with van der Waals surface area (Å²) < 4.78 is 7.28. The highest BCUT2D eigenvalue weighted by Gasteiger charge is 2.27. The van der Waals surface area contributed by atoms with Gasteiger partial charge >= 0.3 is 0 Å². The van der Waals surface area contributed by atoms with Crippen molar-refractivity contribution < 1.29 is 0 Å². The second-order valence-corrected chi connectivity index (χ2v) is 7.53. The van der Waals surface area contributed by atoms with Gasteiger partial charge in [-0.25, -0.2) is 4.98 Å². The largest absolute Gasteiger partial charge is 0.360 e. The van der Waals surface area contributed by atoms with E-state index < -0.39 is 0 Å². The van der Waals surface area contributed by atoms with Gasteiger partial charge in [0.05, 0.1) is 0 Å². The third kappa shape index (κ3) is 3.32. The maximum Gasteiger partial charge on any atom is 0.202 e. The van der Waals surface area contributed by atoms with Crippen molar-refractivity contribution in [3.8, 4) is 0 Å². The molecule has 6 nitrogen and oxygen atoms in total. The Kier molecular flexibility index (Phi) is 3.83. The number of aromatic amines is 1. The van der Waals surface area contributed by atoms with Crippen LogP contribution in [0.25, 0.3) is 0 Å². The molecule has 0 aromatic carbocycles. The summed E-state index contributed by atoms with van der Waals surface area (Å²) >= 11 is 6.69. The molecule has 3 rings (SSSR count). The number of anilines is 1. The summed E-state index contributed by atoms with van der Waals surface area (Å²) in [7, 11) is 0. The van der Waals surface area contributed by atoms with E-state index in [1.165, 1.54) is 24.4 Å². The molecule has 114 valence electrons. The van der Waals surface area contributed by atoms with Crippen LogP contribution in [0.1, 0.15) is 51.3 Å². The minimum atomic E-state index is -0.00908. The topological polar surface area (TPSA) is 71.4 Å². The zero-order chi connectivity index (χ0) is 15.0. The Hall–Kier alpha value is -1.28. The van der Waals surface area contributed by atoms with Crippen LogP contribution in [-0.2, 0) is 11.8 Å². The van der Waals surface area contributed by atoms with Gasteiger partial charge in [-0.3, -0.25) is 5.10 Å². The van der Waals surface area contributed by atoms with Crippen molar-refractivity contribution in [2.75, 3.05) is 11.9 Å². The average molecular weight is 324 g/mol. The Balaban J connectivity index is 1.59. The highest BCUT2D eigenvalue weighted by Crippen LogP contribution is 2.35. The van der Waals surface area contributed by atoms with Crippen molar-refractivity contribution in [2.24, 2.45) is 0 Å². The lowest BCUT2D eigenvalue weighted by Crippen LogP contribution is -2.14. The fraction of sp³-hybridized carbons (Fsp3) is 0.692. The highest BCUT2D eigenvalue weighted by atomic mass is 32.1. The van der Waals surface area contributed by atoms with Gasteiger partial charge in [0.15, 0.2) is 4.77 Å². The Bertz CT molecular complexity index is 673. The van der Waals surface area contributed by atoms with Crippen LogP contribution in [-0.4, -0.2) is 30.7 Å². The van der Waals surface area contributed by atoms with Crippen LogP contribution in [0.5, 0.6) is 0 Å². The van der Waals surface area contributed by atoms with Crippen LogP contribution in [0, 0.1) is 4.77 Å². The standard InChI is InChI=1S/C13H20N6S2/c1-13(2,3)10-15-11(21-18-10)14-7-6-9-16-17-12(20)19(9)8-4-5-8/h8H,4-7H2,1-3H3,(H,17,20)(H,14,15,18). The SMILES string of the molecule is CC(C)(C)c1nsc(NCCc2n[nH]c(=S)n2C2CC2)n1. The molecule has 0 radical (unpaired) electrons. The molecule has 0 spiro atoms. The van der Waals surface area contributed by atoms with Gasteiger partial charge in [0.1, 0.15) is 11.6 Å². The summed E-state index contributed by atoms with van der Waals surface area (Å²) in [5, 5.41) is 11.4. The summed E-state index contributed by atoms with van der Waals surface area (Å²) in [5.74, 6) is 1.91. The average Bonchev–Trinajstić information content (AvgIpc) is 2.98. The molecule has 0 atom stereocenters. The summed E-state index contributed by atoms with van der Waals surface area (Å²) in [6, 6.07) is 0.556. The van der Waals surface area contributed by atoms with E-state index in [-0.39, 0.29) is 5.41 Å². The van der Waals surface area contributed by atoms with Gasteiger partial charge in [-0.2, -0.15) is 9.47 Å². The van der Waals surface area contributed by atoms with Crippen molar-refractivity contribution in [3.63, 3.8) is 0 Å². The molecule has 0 bridgehead atoms. The Morgan fingerprint density at radius 2 is 2.19 bits per heavy atom. The maximum absolute atomic E-state index is 5.28. The normalized spacial score (nSPS) is 15.4. The molecular weight excluding hydrogens is 304 g/mol. The molecule has 0 unspecified atom stereocenters. The zero-order valence-corrected chi connectivity index (χ0v) is 14.1. The van der Waals surface area contributed by atoms with Crippen LogP contribution in [0.15, 0.2) is 0 Å². The van der Waals surface area contributed by atoms with Crippen molar-refractivity contribution in [1.29, 1.82) is 0 Å². The Labute approximate surface area is 133 Å². The van der Waals surface area contributed by atoms with E-state index in [0.717, 1.165) is 34.5 Å². The van der Waals surface area contributed by atoms with E-state index in [2.05, 4.69) is 50.2 Å². The second-order valence-electron chi connectivity index (χ2n) is 6.40. The molecule has 2 N–H and O–H groups in total. The number of hydrogen-bond acceptors (Lipinski definition) is 6. The molecule has 0 saturated heterocycles. The van der Waals surface area contributed by atoms with Gasteiger partial charge < -0.3 is 9.88 Å². The van der Waals surface area contributed by atoms with Crippen molar-refractivity contribution >= 4 is 28.9 Å². The number of aromatic nitrogens is 5. The van der Waals surface area contributed by atoms with E-state index in [9.17, 15) is 0 Å². The fourth-order valence-electron chi connectivity index (χ4n) is 2.10. The fourth-order valence-corrected chi connectivity index (χ4v) is 3.19. The predicted molar refractivity (Wildman–Crippen MR) is 86.5 cm³/mol. The summed E-state index contributed by atoms with van der Waals surface area (Å²) in [6.07, 6.45) is 3.24. The van der Waals surface area contributed by atoms with Crippen LogP contribution in [0.3, 0.4) is 0 Å². The van der Waals surface area contributed by atoms with E-state index >= 15 is 0 Å². The monoisotopic (exact) mass is 324 g/mol. The molecule has 8 heteroatoms. The summed E-state index contributed by atoms with van der Waals surface area (Å²) in [5.41, 5.74) is -0.00908. The summed E-state index contributed by atoms with van der Waals surface area (Å²) in [6.45, 7) is 7.13. The molecule has 1 aliphatic carbocycles. The first-order chi connectivity index (χ1) is 9.95. The molecule has 1 saturated carbocycles. The van der Waals surface area contributed by atoms with Crippen LogP contribution in [0.4, 0.5) is 5.13 Å². The minimum Gasteiger partial charge on any atom is -0.360 e. The first-order valence-corrected chi connectivity index (χ1v) is 8.37. The smallest absolute Gasteiger partial charge is 0.202 e. The molecule has 2 aromatic heterocycles. The van der Waals surface area contributed by atoms with Crippen LogP contribution in [0.2, 0.25) is 0 Å². The van der Waals surface area contributed by atoms with Crippen molar-refractivity contribution in [2.45, 2.75) is 51.5 Å². The van der Waals surface area contributed by atoms with Gasteiger partial charge in [0.25, 0.3) is 0 Å². The zero-order valence-electron chi connectivity index (χ0n) is 12.5. The predicted octanol–water partition coefficient (Wildman–Crippen LogP) is 3.08. The molecule has 0 aliphatic heterocycles. The first-order valence-electron chi connectivity index (χ1n) is 7.19. The van der Waals surface area contributed by atoms with E-state index in [1.807, 2.05) is 0 Å². The molecule has 2 heterocycles. The molecule has 21 heavy (non-hydrogen) atoms. The van der Waals surface area contributed by atoms with Gasteiger partial charge in [-0.1, -0.05) is 20.8 Å². The maximum atomic E-state index is 5.28. The molecule has 0 amide bonds. The van der Waals surface area contributed by atoms with Crippen LogP contribution < -0.4 is 5.32 Å². The van der Waals surface area contributed by atoms with Crippen molar-refractivity contribution in [3.05, 3.63) is 16.4 Å². The van der Waals surface area contributed by atoms with E-state index in [4.69, 9.17) is 12.2 Å². The lowest BCUT2D eigenvalue weighted by Gasteiger charge is -2.12. The van der Waals surface area contributed by atoms with Gasteiger partial charge in [0.2, 0.25) is 5.13 Å². The molecular formula is C13H20N6S2. The quantitative estimate of drug-likeness (QED) is 0.827. The third-order valence-electron chi connectivity index (χ3n) is 3.41. The van der Waals surface area contributed by atoms with E-state index in [1.54, 1.807) is 0 Å². The van der Waals surface area contributed by atoms with Crippen LogP contribution >= 0.6 is 23.8 Å². The lowest BCUT2D eigenvalue weighted by atomic mass is 9.96. The Morgan fingerprint density at radius 3 is 2.81 bits per heavy atom. The van der Waals surface area contributed by atoms with Gasteiger partial charge in [-0.05, 0) is 25.1 Å². The number of hydrogen-bond donors (Lipinski definition) is 2. The lowest BCUT2D eigenvalue weighted by molar-refractivity contribution is 0.555. The molecule has 2 aromatic rings. The third-order valence-corrected chi connectivity index (χ3v) is 4.37. The number of H-pyrrole nitrogens is 1. The number of nitrogens with one attached hydrogen (secondary N) is 2. The van der Waals surface area contributed by atoms with Gasteiger partial charge in [-0.15, -0.1) is 0 Å². The number of rotatable bonds is 5. The number of nitrogens with zero attached hydrogens (tertiary/aromatic N) is 4. The van der Waals surface area contributed by atoms with E-state index in [0.29, 0.717) is 6.04 Å². The van der Waals surface area contributed by atoms with Gasteiger partial charge in [0, 0.05) is 36.0 Å². The minimum absolute atomic E-state index is 0.00908. The first kappa shape index (κ1) is 14.6. The molecule has 1 aliphatic rings. The second kappa shape index (κ2) is 5.49. The van der Waals surface area contributed by atoms with Crippen molar-refractivity contribution in [1.82, 2.24) is 24.1 Å². The molecule has 1 fully saturated rings. The summed E-state index contributed by atoms with van der Waals surface area (Å²) in [4.78, 5) is 4.53.